The molecule has 0 amide bonds. The quantitative estimate of drug-likeness (QED) is 0.156. The molecule has 4 aromatic rings. The summed E-state index contributed by atoms with van der Waals surface area (Å²) in [6, 6.07) is 19.6. The van der Waals surface area contributed by atoms with Gasteiger partial charge in [-0.1, -0.05) is 66.7 Å². The number of allylic oxidation sites excluding steroid dienone is 2. The highest BCUT2D eigenvalue weighted by molar-refractivity contribution is 5.84. The van der Waals surface area contributed by atoms with Crippen LogP contribution in [0.3, 0.4) is 0 Å². The molecule has 0 nitrogen and oxygen atoms in total. The molecule has 0 spiro atoms. The van der Waals surface area contributed by atoms with Crippen LogP contribution in [0.2, 0.25) is 0 Å². The third-order valence-electron chi connectivity index (χ3n) is 6.70. The van der Waals surface area contributed by atoms with E-state index >= 15 is 4.39 Å². The summed E-state index contributed by atoms with van der Waals surface area (Å²) in [5.41, 5.74) is 3.21. The Morgan fingerprint density at radius 1 is 0.649 bits per heavy atom. The van der Waals surface area contributed by atoms with Crippen molar-refractivity contribution in [3.05, 3.63) is 130 Å². The number of alkyl halides is 3. The molecular weight excluding hydrogens is 479 g/mol. The molecule has 0 radical (unpaired) electrons. The maximum atomic E-state index is 15.2. The topological polar surface area (TPSA) is 0 Å². The Morgan fingerprint density at radius 2 is 1.27 bits per heavy atom. The van der Waals surface area contributed by atoms with Crippen molar-refractivity contribution in [3.63, 3.8) is 0 Å². The highest BCUT2D eigenvalue weighted by atomic mass is 19.4. The molecule has 4 rings (SSSR count). The Morgan fingerprint density at radius 3 is 1.97 bits per heavy atom. The first kappa shape index (κ1) is 26.6. The zero-order valence-corrected chi connectivity index (χ0v) is 20.7. The molecule has 0 heterocycles. The van der Waals surface area contributed by atoms with Gasteiger partial charge in [0.1, 0.15) is 11.6 Å². The number of halogens is 5. The van der Waals surface area contributed by atoms with Crippen LogP contribution in [0, 0.1) is 11.6 Å². The van der Waals surface area contributed by atoms with Crippen molar-refractivity contribution in [2.45, 2.75) is 51.6 Å². The minimum Gasteiger partial charge on any atom is -0.207 e. The first-order chi connectivity index (χ1) is 17.7. The van der Waals surface area contributed by atoms with Gasteiger partial charge in [-0.15, -0.1) is 0 Å². The van der Waals surface area contributed by atoms with Crippen LogP contribution in [0.1, 0.15) is 46.7 Å². The van der Waals surface area contributed by atoms with E-state index in [2.05, 4.69) is 6.08 Å². The van der Waals surface area contributed by atoms with Gasteiger partial charge in [-0.05, 0) is 96.9 Å². The minimum absolute atomic E-state index is 0.192. The zero-order valence-electron chi connectivity index (χ0n) is 20.7. The van der Waals surface area contributed by atoms with Gasteiger partial charge in [-0.25, -0.2) is 8.78 Å². The van der Waals surface area contributed by atoms with E-state index in [1.807, 2.05) is 43.3 Å². The number of rotatable bonds is 9. The minimum atomic E-state index is -4.37. The van der Waals surface area contributed by atoms with Gasteiger partial charge in [0.25, 0.3) is 0 Å². The average molecular weight is 509 g/mol. The maximum absolute atomic E-state index is 15.2. The van der Waals surface area contributed by atoms with Gasteiger partial charge in [0.05, 0.1) is 5.56 Å². The van der Waals surface area contributed by atoms with Crippen LogP contribution in [0.25, 0.3) is 10.8 Å². The predicted molar refractivity (Wildman–Crippen MR) is 140 cm³/mol. The maximum Gasteiger partial charge on any atom is 0.416 e. The van der Waals surface area contributed by atoms with Crippen LogP contribution < -0.4 is 0 Å². The van der Waals surface area contributed by atoms with Gasteiger partial charge in [-0.3, -0.25) is 0 Å². The lowest BCUT2D eigenvalue weighted by Gasteiger charge is -2.10. The predicted octanol–water partition coefficient (Wildman–Crippen LogP) is 9.22. The van der Waals surface area contributed by atoms with Gasteiger partial charge in [0.2, 0.25) is 0 Å². The second kappa shape index (κ2) is 11.7. The molecule has 0 aliphatic rings. The summed E-state index contributed by atoms with van der Waals surface area (Å²) in [5.74, 6) is -0.502. The van der Waals surface area contributed by atoms with Crippen molar-refractivity contribution in [1.29, 1.82) is 0 Å². The number of aryl methyl sites for hydroxylation is 5. The number of hydrogen-bond donors (Lipinski definition) is 0. The van der Waals surface area contributed by atoms with Crippen LogP contribution in [0.5, 0.6) is 0 Å². The molecular formula is C32H29F5. The first-order valence-corrected chi connectivity index (χ1v) is 12.5. The largest absolute Gasteiger partial charge is 0.416 e. The molecule has 0 N–H and O–H groups in total. The molecule has 4 aromatic carbocycles. The van der Waals surface area contributed by atoms with Crippen molar-refractivity contribution in [2.24, 2.45) is 0 Å². The van der Waals surface area contributed by atoms with Crippen LogP contribution in [-0.2, 0) is 38.3 Å². The van der Waals surface area contributed by atoms with Gasteiger partial charge < -0.3 is 0 Å². The molecule has 0 aliphatic carbocycles. The number of hydrogen-bond acceptors (Lipinski definition) is 0. The van der Waals surface area contributed by atoms with E-state index in [9.17, 15) is 17.6 Å². The smallest absolute Gasteiger partial charge is 0.207 e. The standard InChI is InChI=1S/C32H29F5/c1-2-3-4-5-23-7-12-25(30(33)21-23)13-8-24-11-19-29-27(20-24)16-15-26(31(29)34)14-6-22-9-17-28(18-10-22)32(35,36)37/h2-3,7,9-12,15-21H,4-6,8,13-14H2,1H3/b3-2+. The number of fused-ring (bicyclic) bond motifs is 1. The molecule has 0 bridgehead atoms. The Balaban J connectivity index is 1.40. The van der Waals surface area contributed by atoms with Gasteiger partial charge in [0.15, 0.2) is 0 Å². The summed E-state index contributed by atoms with van der Waals surface area (Å²) in [4.78, 5) is 0. The van der Waals surface area contributed by atoms with Crippen molar-refractivity contribution in [1.82, 2.24) is 0 Å². The van der Waals surface area contributed by atoms with E-state index in [-0.39, 0.29) is 11.6 Å². The second-order valence-electron chi connectivity index (χ2n) is 9.32. The van der Waals surface area contributed by atoms with Gasteiger partial charge in [-0.2, -0.15) is 13.2 Å². The molecule has 0 fully saturated rings. The normalized spacial score (nSPS) is 12.1. The Hall–Kier alpha value is -3.47. The lowest BCUT2D eigenvalue weighted by Crippen LogP contribution is -2.04. The Kier molecular flexibility index (Phi) is 8.42. The Labute approximate surface area is 214 Å². The first-order valence-electron chi connectivity index (χ1n) is 12.5. The van der Waals surface area contributed by atoms with E-state index in [4.69, 9.17) is 0 Å². The van der Waals surface area contributed by atoms with Gasteiger partial charge in [0, 0.05) is 5.39 Å². The third-order valence-corrected chi connectivity index (χ3v) is 6.70. The summed E-state index contributed by atoms with van der Waals surface area (Å²) in [6.45, 7) is 1.97. The van der Waals surface area contributed by atoms with Crippen molar-refractivity contribution in [3.8, 4) is 0 Å². The van der Waals surface area contributed by atoms with E-state index in [0.717, 1.165) is 47.1 Å². The number of benzene rings is 4. The fourth-order valence-corrected chi connectivity index (χ4v) is 4.52. The molecule has 0 aliphatic heterocycles. The summed E-state index contributed by atoms with van der Waals surface area (Å²) in [6.07, 6.45) is 3.41. The molecule has 0 saturated carbocycles. The fraction of sp³-hybridized carbons (Fsp3) is 0.250. The van der Waals surface area contributed by atoms with Crippen LogP contribution in [-0.4, -0.2) is 0 Å². The highest BCUT2D eigenvalue weighted by Crippen LogP contribution is 2.29. The lowest BCUT2D eigenvalue weighted by atomic mass is 9.96. The summed E-state index contributed by atoms with van der Waals surface area (Å²) < 4.78 is 68.0. The summed E-state index contributed by atoms with van der Waals surface area (Å²) >= 11 is 0. The molecule has 0 aromatic heterocycles. The molecule has 0 saturated heterocycles. The second-order valence-corrected chi connectivity index (χ2v) is 9.32. The van der Waals surface area contributed by atoms with Gasteiger partial charge >= 0.3 is 6.18 Å². The molecule has 0 unspecified atom stereocenters. The fourth-order valence-electron chi connectivity index (χ4n) is 4.52. The molecule has 192 valence electrons. The SMILES string of the molecule is C/C=C/CCc1ccc(CCc2ccc3c(F)c(CCc4ccc(C(F)(F)F)cc4)ccc3c2)c(F)c1. The van der Waals surface area contributed by atoms with Crippen LogP contribution in [0.15, 0.2) is 84.9 Å². The lowest BCUT2D eigenvalue weighted by molar-refractivity contribution is -0.137. The zero-order chi connectivity index (χ0) is 26.4. The van der Waals surface area contributed by atoms with Crippen molar-refractivity contribution in [2.75, 3.05) is 0 Å². The average Bonchev–Trinajstić information content (AvgIpc) is 2.88. The molecule has 0 atom stereocenters. The highest BCUT2D eigenvalue weighted by Gasteiger charge is 2.29. The van der Waals surface area contributed by atoms with E-state index in [1.54, 1.807) is 18.2 Å². The van der Waals surface area contributed by atoms with Crippen LogP contribution in [0.4, 0.5) is 22.0 Å². The third kappa shape index (κ3) is 6.85. The van der Waals surface area contributed by atoms with E-state index < -0.39 is 11.7 Å². The summed E-state index contributed by atoms with van der Waals surface area (Å²) in [5, 5.41) is 1.28. The molecule has 37 heavy (non-hydrogen) atoms. The monoisotopic (exact) mass is 508 g/mol. The van der Waals surface area contributed by atoms with Crippen LogP contribution >= 0.6 is 0 Å². The van der Waals surface area contributed by atoms with E-state index in [0.29, 0.717) is 42.2 Å². The summed E-state index contributed by atoms with van der Waals surface area (Å²) in [7, 11) is 0. The molecule has 5 heteroatoms. The van der Waals surface area contributed by atoms with Crippen molar-refractivity contribution < 1.29 is 22.0 Å². The Bertz CT molecular complexity index is 1380. The van der Waals surface area contributed by atoms with E-state index in [1.165, 1.54) is 12.1 Å². The van der Waals surface area contributed by atoms with Crippen molar-refractivity contribution >= 4 is 10.8 Å².